The van der Waals surface area contributed by atoms with Gasteiger partial charge in [0.05, 0.1) is 0 Å². The fourth-order valence-electron chi connectivity index (χ4n) is 3.30. The minimum absolute atomic E-state index is 0.705. The van der Waals surface area contributed by atoms with Crippen LogP contribution in [0.2, 0.25) is 0 Å². The zero-order valence-corrected chi connectivity index (χ0v) is 11.4. The maximum atomic E-state index is 3.90. The molecule has 4 atom stereocenters. The van der Waals surface area contributed by atoms with Crippen LogP contribution in [-0.2, 0) is 0 Å². The molecule has 1 aliphatic heterocycles. The van der Waals surface area contributed by atoms with Crippen LogP contribution < -0.4 is 5.32 Å². The van der Waals surface area contributed by atoms with Gasteiger partial charge in [-0.05, 0) is 44.9 Å². The second-order valence-corrected chi connectivity index (χ2v) is 6.41. The third-order valence-corrected chi connectivity index (χ3v) is 4.52. The highest BCUT2D eigenvalue weighted by molar-refractivity contribution is 4.91. The molecule has 4 unspecified atom stereocenters. The highest BCUT2D eigenvalue weighted by Crippen LogP contribution is 2.27. The Morgan fingerprint density at radius 3 is 2.38 bits per heavy atom. The first-order chi connectivity index (χ1) is 7.56. The van der Waals surface area contributed by atoms with Gasteiger partial charge in [0.2, 0.25) is 0 Å². The van der Waals surface area contributed by atoms with Crippen LogP contribution >= 0.6 is 0 Å². The van der Waals surface area contributed by atoms with E-state index in [-0.39, 0.29) is 0 Å². The van der Waals surface area contributed by atoms with E-state index < -0.39 is 0 Å². The van der Waals surface area contributed by atoms with Crippen molar-refractivity contribution in [2.45, 2.75) is 65.1 Å². The molecular formula is C14H28N2. The summed E-state index contributed by atoms with van der Waals surface area (Å²) in [5.74, 6) is 1.76. The molecule has 2 fully saturated rings. The Morgan fingerprint density at radius 2 is 1.88 bits per heavy atom. The van der Waals surface area contributed by atoms with Crippen LogP contribution in [-0.4, -0.2) is 36.1 Å². The molecule has 1 saturated carbocycles. The van der Waals surface area contributed by atoms with Crippen molar-refractivity contribution < 1.29 is 0 Å². The molecule has 0 radical (unpaired) electrons. The van der Waals surface area contributed by atoms with Crippen molar-refractivity contribution in [2.24, 2.45) is 11.8 Å². The third-order valence-electron chi connectivity index (χ3n) is 4.52. The Bertz CT molecular complexity index is 227. The summed E-state index contributed by atoms with van der Waals surface area (Å²) < 4.78 is 0. The monoisotopic (exact) mass is 224 g/mol. The van der Waals surface area contributed by atoms with Gasteiger partial charge in [-0.3, -0.25) is 4.90 Å². The number of rotatable bonds is 3. The molecule has 1 heterocycles. The zero-order valence-electron chi connectivity index (χ0n) is 11.4. The summed E-state index contributed by atoms with van der Waals surface area (Å²) in [5, 5.41) is 3.90. The van der Waals surface area contributed by atoms with Gasteiger partial charge >= 0.3 is 0 Å². The van der Waals surface area contributed by atoms with E-state index in [1.54, 1.807) is 0 Å². The fraction of sp³-hybridized carbons (Fsp3) is 1.00. The lowest BCUT2D eigenvalue weighted by Crippen LogP contribution is -2.42. The van der Waals surface area contributed by atoms with Crippen molar-refractivity contribution >= 4 is 0 Å². The number of likely N-dealkylation sites (tertiary alicyclic amines) is 1. The van der Waals surface area contributed by atoms with Gasteiger partial charge in [0, 0.05) is 31.2 Å². The first-order valence-electron chi connectivity index (χ1n) is 7.06. The van der Waals surface area contributed by atoms with E-state index in [0.717, 1.165) is 23.9 Å². The summed E-state index contributed by atoms with van der Waals surface area (Å²) in [6.07, 6.45) is 4.21. The Hall–Kier alpha value is -0.0800. The van der Waals surface area contributed by atoms with E-state index in [0.29, 0.717) is 6.04 Å². The van der Waals surface area contributed by atoms with E-state index in [1.165, 1.54) is 32.4 Å². The summed E-state index contributed by atoms with van der Waals surface area (Å²) in [4.78, 5) is 2.61. The molecule has 0 aromatic carbocycles. The normalized spacial score (nSPS) is 41.1. The van der Waals surface area contributed by atoms with Crippen molar-refractivity contribution in [3.05, 3.63) is 0 Å². The Kier molecular flexibility index (Phi) is 3.91. The summed E-state index contributed by atoms with van der Waals surface area (Å²) in [6, 6.07) is 2.24. The molecule has 0 spiro atoms. The molecule has 1 N–H and O–H groups in total. The molecule has 2 nitrogen and oxygen atoms in total. The molecule has 0 bridgehead atoms. The third kappa shape index (κ3) is 2.78. The molecule has 2 heteroatoms. The minimum Gasteiger partial charge on any atom is -0.310 e. The molecule has 0 aromatic heterocycles. The van der Waals surface area contributed by atoms with E-state index in [1.807, 2.05) is 0 Å². The van der Waals surface area contributed by atoms with Gasteiger partial charge in [0.15, 0.2) is 0 Å². The van der Waals surface area contributed by atoms with Gasteiger partial charge in [-0.1, -0.05) is 13.8 Å². The number of hydrogen-bond donors (Lipinski definition) is 1. The van der Waals surface area contributed by atoms with Crippen molar-refractivity contribution in [2.75, 3.05) is 13.1 Å². The van der Waals surface area contributed by atoms with Crippen molar-refractivity contribution in [1.29, 1.82) is 0 Å². The van der Waals surface area contributed by atoms with Crippen LogP contribution in [0.4, 0.5) is 0 Å². The van der Waals surface area contributed by atoms with Crippen molar-refractivity contribution in [3.8, 4) is 0 Å². The molecule has 0 aromatic rings. The second kappa shape index (κ2) is 5.05. The molecule has 1 saturated heterocycles. The zero-order chi connectivity index (χ0) is 11.7. The lowest BCUT2D eigenvalue weighted by molar-refractivity contribution is 0.262. The van der Waals surface area contributed by atoms with E-state index in [9.17, 15) is 0 Å². The predicted octanol–water partition coefficient (Wildman–Crippen LogP) is 2.49. The van der Waals surface area contributed by atoms with Crippen molar-refractivity contribution in [3.63, 3.8) is 0 Å². The number of hydrogen-bond acceptors (Lipinski definition) is 2. The average molecular weight is 224 g/mol. The Labute approximate surface area is 101 Å². The fourth-order valence-corrected chi connectivity index (χ4v) is 3.30. The molecule has 1 aliphatic carbocycles. The predicted molar refractivity (Wildman–Crippen MR) is 69.6 cm³/mol. The maximum absolute atomic E-state index is 3.90. The molecule has 2 rings (SSSR count). The standard InChI is InChI=1S/C14H28N2/c1-10(2)16-8-12(4)14(9-16)15-13-6-5-11(3)7-13/h10-15H,5-9H2,1-4H3. The van der Waals surface area contributed by atoms with Crippen LogP contribution in [0.1, 0.15) is 47.0 Å². The largest absolute Gasteiger partial charge is 0.310 e. The lowest BCUT2D eigenvalue weighted by atomic mass is 10.0. The number of nitrogens with one attached hydrogen (secondary N) is 1. The molecular weight excluding hydrogens is 196 g/mol. The maximum Gasteiger partial charge on any atom is 0.0235 e. The average Bonchev–Trinajstić information content (AvgIpc) is 2.75. The molecule has 2 aliphatic rings. The van der Waals surface area contributed by atoms with Gasteiger partial charge in [-0.2, -0.15) is 0 Å². The second-order valence-electron chi connectivity index (χ2n) is 6.41. The SMILES string of the molecule is CC1CCC(NC2CN(C(C)C)CC2C)C1. The Morgan fingerprint density at radius 1 is 1.12 bits per heavy atom. The van der Waals surface area contributed by atoms with Crippen LogP contribution in [0, 0.1) is 11.8 Å². The quantitative estimate of drug-likeness (QED) is 0.792. The van der Waals surface area contributed by atoms with Crippen molar-refractivity contribution in [1.82, 2.24) is 10.2 Å². The van der Waals surface area contributed by atoms with Gasteiger partial charge in [-0.25, -0.2) is 0 Å². The van der Waals surface area contributed by atoms with Crippen LogP contribution in [0.25, 0.3) is 0 Å². The summed E-state index contributed by atoms with van der Waals surface area (Å²) in [6.45, 7) is 11.9. The van der Waals surface area contributed by atoms with Gasteiger partial charge < -0.3 is 5.32 Å². The highest BCUT2D eigenvalue weighted by Gasteiger charge is 2.33. The first kappa shape index (κ1) is 12.4. The van der Waals surface area contributed by atoms with Gasteiger partial charge in [-0.15, -0.1) is 0 Å². The molecule has 16 heavy (non-hydrogen) atoms. The van der Waals surface area contributed by atoms with Crippen LogP contribution in [0.3, 0.4) is 0 Å². The summed E-state index contributed by atoms with van der Waals surface area (Å²) in [7, 11) is 0. The van der Waals surface area contributed by atoms with Crippen LogP contribution in [0.5, 0.6) is 0 Å². The van der Waals surface area contributed by atoms with E-state index in [2.05, 4.69) is 37.9 Å². The number of nitrogens with zero attached hydrogens (tertiary/aromatic N) is 1. The molecule has 0 amide bonds. The van der Waals surface area contributed by atoms with Crippen LogP contribution in [0.15, 0.2) is 0 Å². The minimum atomic E-state index is 0.705. The van der Waals surface area contributed by atoms with E-state index in [4.69, 9.17) is 0 Å². The summed E-state index contributed by atoms with van der Waals surface area (Å²) >= 11 is 0. The van der Waals surface area contributed by atoms with E-state index >= 15 is 0 Å². The topological polar surface area (TPSA) is 15.3 Å². The van der Waals surface area contributed by atoms with Gasteiger partial charge in [0.1, 0.15) is 0 Å². The first-order valence-corrected chi connectivity index (χ1v) is 7.06. The molecule has 94 valence electrons. The summed E-state index contributed by atoms with van der Waals surface area (Å²) in [5.41, 5.74) is 0. The van der Waals surface area contributed by atoms with Gasteiger partial charge in [0.25, 0.3) is 0 Å². The highest BCUT2D eigenvalue weighted by atomic mass is 15.2. The smallest absolute Gasteiger partial charge is 0.0235 e. The lowest BCUT2D eigenvalue weighted by Gasteiger charge is -2.23. The Balaban J connectivity index is 1.82.